The van der Waals surface area contributed by atoms with E-state index in [0.29, 0.717) is 17.1 Å². The standard InChI is InChI=1S/C19H24N2O5/c1-19(2)14(15(19)18(24)25)17(23)20-11-7-8-13(26-3)12(9-11)21-16(22)10-5-4-6-10/h7-10,14-15H,4-6H2,1-3H3,(H,20,23)(H,21,22)(H,24,25). The highest BCUT2D eigenvalue weighted by atomic mass is 16.5. The predicted molar refractivity (Wildman–Crippen MR) is 96.0 cm³/mol. The zero-order valence-corrected chi connectivity index (χ0v) is 15.2. The first-order chi connectivity index (χ1) is 12.3. The molecule has 3 N–H and O–H groups in total. The van der Waals surface area contributed by atoms with Gasteiger partial charge in [-0.3, -0.25) is 14.4 Å². The molecule has 1 aromatic rings. The van der Waals surface area contributed by atoms with Crippen LogP contribution in [0.15, 0.2) is 18.2 Å². The summed E-state index contributed by atoms with van der Waals surface area (Å²) in [5.41, 5.74) is 0.419. The summed E-state index contributed by atoms with van der Waals surface area (Å²) >= 11 is 0. The Balaban J connectivity index is 1.72. The summed E-state index contributed by atoms with van der Waals surface area (Å²) in [6, 6.07) is 4.97. The van der Waals surface area contributed by atoms with Crippen LogP contribution in [0, 0.1) is 23.2 Å². The Labute approximate surface area is 152 Å². The lowest BCUT2D eigenvalue weighted by Gasteiger charge is -2.24. The fourth-order valence-corrected chi connectivity index (χ4v) is 3.60. The molecule has 0 radical (unpaired) electrons. The van der Waals surface area contributed by atoms with Crippen molar-refractivity contribution in [2.75, 3.05) is 17.7 Å². The number of ether oxygens (including phenoxy) is 1. The molecule has 7 nitrogen and oxygen atoms in total. The van der Waals surface area contributed by atoms with Crippen LogP contribution < -0.4 is 15.4 Å². The average Bonchev–Trinajstić information content (AvgIpc) is 3.09. The molecule has 0 heterocycles. The third-order valence-electron chi connectivity index (χ3n) is 5.58. The van der Waals surface area contributed by atoms with Gasteiger partial charge in [-0.2, -0.15) is 0 Å². The van der Waals surface area contributed by atoms with Gasteiger partial charge >= 0.3 is 5.97 Å². The molecule has 0 aromatic heterocycles. The van der Waals surface area contributed by atoms with E-state index < -0.39 is 23.2 Å². The Morgan fingerprint density at radius 3 is 2.31 bits per heavy atom. The van der Waals surface area contributed by atoms with Crippen LogP contribution in [0.4, 0.5) is 11.4 Å². The number of benzene rings is 1. The first-order valence-corrected chi connectivity index (χ1v) is 8.78. The number of carbonyl (C=O) groups excluding carboxylic acids is 2. The van der Waals surface area contributed by atoms with Crippen molar-refractivity contribution >= 4 is 29.2 Å². The van der Waals surface area contributed by atoms with Crippen LogP contribution in [-0.2, 0) is 14.4 Å². The van der Waals surface area contributed by atoms with E-state index in [1.165, 1.54) is 7.11 Å². The second-order valence-electron chi connectivity index (χ2n) is 7.64. The number of hydrogen-bond donors (Lipinski definition) is 3. The van der Waals surface area contributed by atoms with Crippen molar-refractivity contribution in [3.63, 3.8) is 0 Å². The monoisotopic (exact) mass is 360 g/mol. The molecule has 2 fully saturated rings. The molecule has 3 rings (SSSR count). The van der Waals surface area contributed by atoms with Gasteiger partial charge in [0, 0.05) is 11.6 Å². The van der Waals surface area contributed by atoms with Crippen molar-refractivity contribution in [3.8, 4) is 5.75 Å². The number of carboxylic acid groups (broad SMARTS) is 1. The van der Waals surface area contributed by atoms with Crippen LogP contribution in [0.3, 0.4) is 0 Å². The van der Waals surface area contributed by atoms with E-state index in [0.717, 1.165) is 19.3 Å². The molecule has 26 heavy (non-hydrogen) atoms. The van der Waals surface area contributed by atoms with Gasteiger partial charge in [0.25, 0.3) is 0 Å². The number of carbonyl (C=O) groups is 3. The van der Waals surface area contributed by atoms with Crippen molar-refractivity contribution in [3.05, 3.63) is 18.2 Å². The van der Waals surface area contributed by atoms with Gasteiger partial charge in [-0.1, -0.05) is 20.3 Å². The van der Waals surface area contributed by atoms with Crippen LogP contribution in [0.5, 0.6) is 5.75 Å². The number of aliphatic carboxylic acids is 1. The first kappa shape index (κ1) is 18.2. The van der Waals surface area contributed by atoms with E-state index in [1.807, 2.05) is 0 Å². The van der Waals surface area contributed by atoms with Gasteiger partial charge in [-0.25, -0.2) is 0 Å². The molecule has 1 aromatic carbocycles. The molecule has 7 heteroatoms. The second kappa shape index (κ2) is 6.63. The Morgan fingerprint density at radius 1 is 1.12 bits per heavy atom. The minimum absolute atomic E-state index is 0.0292. The van der Waals surface area contributed by atoms with Gasteiger partial charge in [0.15, 0.2) is 0 Å². The topological polar surface area (TPSA) is 105 Å². The molecule has 2 aliphatic carbocycles. The van der Waals surface area contributed by atoms with Crippen molar-refractivity contribution in [1.82, 2.24) is 0 Å². The van der Waals surface area contributed by atoms with Gasteiger partial charge < -0.3 is 20.5 Å². The summed E-state index contributed by atoms with van der Waals surface area (Å²) in [6.45, 7) is 3.54. The molecule has 2 saturated carbocycles. The van der Waals surface area contributed by atoms with Gasteiger partial charge in [-0.15, -0.1) is 0 Å². The number of anilines is 2. The Kier molecular flexibility index (Phi) is 4.64. The summed E-state index contributed by atoms with van der Waals surface area (Å²) < 4.78 is 5.27. The summed E-state index contributed by atoms with van der Waals surface area (Å²) in [4.78, 5) is 35.9. The zero-order valence-electron chi connectivity index (χ0n) is 15.2. The van der Waals surface area contributed by atoms with E-state index in [9.17, 15) is 19.5 Å². The molecule has 2 amide bonds. The van der Waals surface area contributed by atoms with Crippen molar-refractivity contribution < 1.29 is 24.2 Å². The predicted octanol–water partition coefficient (Wildman–Crippen LogP) is 2.73. The molecule has 0 saturated heterocycles. The number of amides is 2. The minimum atomic E-state index is -0.960. The Hall–Kier alpha value is -2.57. The highest BCUT2D eigenvalue weighted by molar-refractivity contribution is 6.01. The van der Waals surface area contributed by atoms with E-state index in [4.69, 9.17) is 4.74 Å². The summed E-state index contributed by atoms with van der Waals surface area (Å²) in [7, 11) is 1.51. The molecule has 140 valence electrons. The van der Waals surface area contributed by atoms with Crippen molar-refractivity contribution in [1.29, 1.82) is 0 Å². The van der Waals surface area contributed by atoms with Gasteiger partial charge in [0.05, 0.1) is 24.6 Å². The van der Waals surface area contributed by atoms with Gasteiger partial charge in [-0.05, 0) is 36.5 Å². The summed E-state index contributed by atoms with van der Waals surface area (Å²) in [6.07, 6.45) is 2.84. The maximum atomic E-state index is 12.5. The molecule has 2 atom stereocenters. The number of carboxylic acids is 1. The fraction of sp³-hybridized carbons (Fsp3) is 0.526. The molecular weight excluding hydrogens is 336 g/mol. The van der Waals surface area contributed by atoms with Crippen LogP contribution in [0.1, 0.15) is 33.1 Å². The third kappa shape index (κ3) is 3.25. The van der Waals surface area contributed by atoms with E-state index in [-0.39, 0.29) is 17.7 Å². The van der Waals surface area contributed by atoms with Gasteiger partial charge in [0.2, 0.25) is 11.8 Å². The fourth-order valence-electron chi connectivity index (χ4n) is 3.60. The Bertz CT molecular complexity index is 754. The second-order valence-corrected chi connectivity index (χ2v) is 7.64. The normalized spacial score (nSPS) is 23.5. The molecule has 0 bridgehead atoms. The lowest BCUT2D eigenvalue weighted by molar-refractivity contribution is -0.140. The number of methoxy groups -OCH3 is 1. The quantitative estimate of drug-likeness (QED) is 0.723. The molecule has 0 spiro atoms. The van der Waals surface area contributed by atoms with Crippen LogP contribution in [0.25, 0.3) is 0 Å². The van der Waals surface area contributed by atoms with Crippen molar-refractivity contribution in [2.24, 2.45) is 23.2 Å². The smallest absolute Gasteiger partial charge is 0.307 e. The number of rotatable bonds is 6. The SMILES string of the molecule is COc1ccc(NC(=O)C2C(C(=O)O)C2(C)C)cc1NC(=O)C1CCC1. The first-order valence-electron chi connectivity index (χ1n) is 8.78. The Morgan fingerprint density at radius 2 is 1.81 bits per heavy atom. The highest BCUT2D eigenvalue weighted by Gasteiger charge is 2.65. The highest BCUT2D eigenvalue weighted by Crippen LogP contribution is 2.58. The lowest BCUT2D eigenvalue weighted by Crippen LogP contribution is -2.28. The molecule has 2 unspecified atom stereocenters. The van der Waals surface area contributed by atoms with E-state index in [1.54, 1.807) is 32.0 Å². The molecule has 2 aliphatic rings. The van der Waals surface area contributed by atoms with Gasteiger partial charge in [0.1, 0.15) is 5.75 Å². The van der Waals surface area contributed by atoms with Crippen LogP contribution in [-0.4, -0.2) is 30.0 Å². The summed E-state index contributed by atoms with van der Waals surface area (Å²) in [5.74, 6) is -2.06. The maximum absolute atomic E-state index is 12.5. The maximum Gasteiger partial charge on any atom is 0.307 e. The van der Waals surface area contributed by atoms with Crippen molar-refractivity contribution in [2.45, 2.75) is 33.1 Å². The molecular formula is C19H24N2O5. The largest absolute Gasteiger partial charge is 0.495 e. The van der Waals surface area contributed by atoms with Crippen LogP contribution in [0.2, 0.25) is 0 Å². The van der Waals surface area contributed by atoms with E-state index in [2.05, 4.69) is 10.6 Å². The number of nitrogens with one attached hydrogen (secondary N) is 2. The van der Waals surface area contributed by atoms with Crippen LogP contribution >= 0.6 is 0 Å². The average molecular weight is 360 g/mol. The lowest BCUT2D eigenvalue weighted by atomic mass is 9.85. The number of hydrogen-bond acceptors (Lipinski definition) is 4. The van der Waals surface area contributed by atoms with E-state index >= 15 is 0 Å². The summed E-state index contributed by atoms with van der Waals surface area (Å²) in [5, 5.41) is 14.8. The molecule has 0 aliphatic heterocycles. The third-order valence-corrected chi connectivity index (χ3v) is 5.58. The minimum Gasteiger partial charge on any atom is -0.495 e. The zero-order chi connectivity index (χ0) is 19.1.